The maximum atomic E-state index is 12.6. The van der Waals surface area contributed by atoms with Gasteiger partial charge in [0.15, 0.2) is 5.13 Å². The summed E-state index contributed by atoms with van der Waals surface area (Å²) in [5.41, 5.74) is 6.56. The molecule has 3 rings (SSSR count). The van der Waals surface area contributed by atoms with Gasteiger partial charge in [-0.05, 0) is 31.0 Å². The van der Waals surface area contributed by atoms with Crippen molar-refractivity contribution in [1.82, 2.24) is 9.88 Å². The number of primary amides is 1. The van der Waals surface area contributed by atoms with E-state index in [0.717, 1.165) is 11.1 Å². The third kappa shape index (κ3) is 3.02. The van der Waals surface area contributed by atoms with Crippen molar-refractivity contribution in [1.29, 1.82) is 0 Å². The molecule has 2 aromatic rings. The van der Waals surface area contributed by atoms with Gasteiger partial charge < -0.3 is 16.0 Å². The zero-order valence-corrected chi connectivity index (χ0v) is 13.4. The number of nitrogens with one attached hydrogen (secondary N) is 1. The largest absolute Gasteiger partial charge is 0.368 e. The van der Waals surface area contributed by atoms with Gasteiger partial charge in [0.25, 0.3) is 5.91 Å². The van der Waals surface area contributed by atoms with Gasteiger partial charge in [-0.1, -0.05) is 11.3 Å². The highest BCUT2D eigenvalue weighted by Crippen LogP contribution is 2.28. The number of carbonyl (C=O) groups excluding carboxylic acids is 3. The summed E-state index contributed by atoms with van der Waals surface area (Å²) >= 11 is 1.30. The van der Waals surface area contributed by atoms with Gasteiger partial charge in [0, 0.05) is 19.0 Å². The van der Waals surface area contributed by atoms with Crippen molar-refractivity contribution in [2.24, 2.45) is 5.73 Å². The smallest absolute Gasteiger partial charge is 0.254 e. The molecule has 3 amide bonds. The number of fused-ring (bicyclic) bond motifs is 1. The van der Waals surface area contributed by atoms with Crippen LogP contribution in [-0.4, -0.2) is 40.2 Å². The Kier molecular flexibility index (Phi) is 3.99. The Morgan fingerprint density at radius 2 is 2.17 bits per heavy atom. The molecule has 1 fully saturated rings. The number of likely N-dealkylation sites (tertiary alicyclic amines) is 1. The van der Waals surface area contributed by atoms with E-state index in [1.54, 1.807) is 18.2 Å². The lowest BCUT2D eigenvalue weighted by molar-refractivity contribution is -0.121. The summed E-state index contributed by atoms with van der Waals surface area (Å²) in [6.45, 7) is 1.95. The molecule has 1 saturated heterocycles. The highest BCUT2D eigenvalue weighted by atomic mass is 32.1. The van der Waals surface area contributed by atoms with Crippen LogP contribution in [0.2, 0.25) is 0 Å². The van der Waals surface area contributed by atoms with E-state index in [9.17, 15) is 14.4 Å². The lowest BCUT2D eigenvalue weighted by Crippen LogP contribution is -2.43. The average Bonchev–Trinajstić information content (AvgIpc) is 3.10. The van der Waals surface area contributed by atoms with Crippen molar-refractivity contribution in [2.75, 3.05) is 11.9 Å². The molecule has 0 aliphatic carbocycles. The van der Waals surface area contributed by atoms with E-state index in [4.69, 9.17) is 5.73 Å². The summed E-state index contributed by atoms with van der Waals surface area (Å²) in [5, 5.41) is 3.13. The van der Waals surface area contributed by atoms with Crippen molar-refractivity contribution in [2.45, 2.75) is 25.8 Å². The molecule has 0 spiro atoms. The molecule has 120 valence electrons. The number of nitrogens with two attached hydrogens (primary N) is 1. The highest BCUT2D eigenvalue weighted by molar-refractivity contribution is 7.22. The molecule has 0 unspecified atom stereocenters. The standard InChI is InChI=1S/C15H16N4O3S/c1-8(20)17-15-18-10-5-4-9(7-12(10)23-15)14(22)19-6-2-3-11(19)13(16)21/h4-5,7,11H,2-3,6H2,1H3,(H2,16,21)(H,17,18,20)/t11-/m1/s1. The Bertz CT molecular complexity index is 801. The molecule has 1 aromatic carbocycles. The van der Waals surface area contributed by atoms with Crippen molar-refractivity contribution < 1.29 is 14.4 Å². The topological polar surface area (TPSA) is 105 Å². The molecule has 1 aliphatic rings. The summed E-state index contributed by atoms with van der Waals surface area (Å²) in [6.07, 6.45) is 1.38. The van der Waals surface area contributed by atoms with Crippen molar-refractivity contribution in [3.63, 3.8) is 0 Å². The predicted molar refractivity (Wildman–Crippen MR) is 87.2 cm³/mol. The lowest BCUT2D eigenvalue weighted by atomic mass is 10.1. The molecule has 23 heavy (non-hydrogen) atoms. The molecule has 7 nitrogen and oxygen atoms in total. The predicted octanol–water partition coefficient (Wildman–Crippen LogP) is 1.34. The van der Waals surface area contributed by atoms with Gasteiger partial charge in [0.1, 0.15) is 6.04 Å². The van der Waals surface area contributed by atoms with E-state index in [1.165, 1.54) is 23.2 Å². The number of anilines is 1. The fourth-order valence-electron chi connectivity index (χ4n) is 2.73. The van der Waals surface area contributed by atoms with Crippen LogP contribution in [0, 0.1) is 0 Å². The Balaban J connectivity index is 1.89. The number of nitrogens with zero attached hydrogens (tertiary/aromatic N) is 2. The van der Waals surface area contributed by atoms with Crippen LogP contribution in [0.1, 0.15) is 30.1 Å². The number of carbonyl (C=O) groups is 3. The minimum Gasteiger partial charge on any atom is -0.368 e. The quantitative estimate of drug-likeness (QED) is 0.885. The number of rotatable bonds is 3. The normalized spacial score (nSPS) is 17.4. The molecular formula is C15H16N4O3S. The van der Waals surface area contributed by atoms with Crippen LogP contribution in [0.15, 0.2) is 18.2 Å². The summed E-state index contributed by atoms with van der Waals surface area (Å²) in [7, 11) is 0. The molecule has 3 N–H and O–H groups in total. The first-order valence-electron chi connectivity index (χ1n) is 7.24. The first-order valence-corrected chi connectivity index (χ1v) is 8.06. The fraction of sp³-hybridized carbons (Fsp3) is 0.333. The van der Waals surface area contributed by atoms with Crippen LogP contribution in [0.5, 0.6) is 0 Å². The first-order chi connectivity index (χ1) is 11.0. The maximum Gasteiger partial charge on any atom is 0.254 e. The number of thiazole rings is 1. The van der Waals surface area contributed by atoms with Gasteiger partial charge in [-0.2, -0.15) is 0 Å². The molecule has 1 aromatic heterocycles. The van der Waals surface area contributed by atoms with E-state index < -0.39 is 11.9 Å². The van der Waals surface area contributed by atoms with Crippen LogP contribution < -0.4 is 11.1 Å². The zero-order chi connectivity index (χ0) is 16.6. The Labute approximate surface area is 136 Å². The zero-order valence-electron chi connectivity index (χ0n) is 12.5. The van der Waals surface area contributed by atoms with Gasteiger partial charge in [-0.3, -0.25) is 14.4 Å². The number of amides is 3. The molecule has 8 heteroatoms. The summed E-state index contributed by atoms with van der Waals surface area (Å²) < 4.78 is 0.800. The minimum absolute atomic E-state index is 0.193. The minimum atomic E-state index is -0.533. The van der Waals surface area contributed by atoms with Crippen LogP contribution in [0.4, 0.5) is 5.13 Å². The number of benzene rings is 1. The molecule has 2 heterocycles. The average molecular weight is 332 g/mol. The number of aromatic nitrogens is 1. The molecule has 0 bridgehead atoms. The second-order valence-electron chi connectivity index (χ2n) is 5.44. The van der Waals surface area contributed by atoms with Crippen LogP contribution >= 0.6 is 11.3 Å². The third-order valence-electron chi connectivity index (χ3n) is 3.76. The fourth-order valence-corrected chi connectivity index (χ4v) is 3.68. The monoisotopic (exact) mass is 332 g/mol. The molecule has 0 saturated carbocycles. The lowest BCUT2D eigenvalue weighted by Gasteiger charge is -2.22. The Hall–Kier alpha value is -2.48. The number of hydrogen-bond acceptors (Lipinski definition) is 5. The van der Waals surface area contributed by atoms with Gasteiger partial charge >= 0.3 is 0 Å². The van der Waals surface area contributed by atoms with Crippen molar-refractivity contribution in [3.05, 3.63) is 23.8 Å². The van der Waals surface area contributed by atoms with E-state index in [1.807, 2.05) is 0 Å². The molecule has 1 atom stereocenters. The second-order valence-corrected chi connectivity index (χ2v) is 6.47. The first kappa shape index (κ1) is 15.4. The van der Waals surface area contributed by atoms with Crippen molar-refractivity contribution >= 4 is 44.4 Å². The SMILES string of the molecule is CC(=O)Nc1nc2ccc(C(=O)N3CCC[C@@H]3C(N)=O)cc2s1. The summed E-state index contributed by atoms with van der Waals surface area (Å²) in [4.78, 5) is 41.0. The Morgan fingerprint density at radius 1 is 1.39 bits per heavy atom. The molecule has 0 radical (unpaired) electrons. The molecular weight excluding hydrogens is 316 g/mol. The molecule has 1 aliphatic heterocycles. The number of hydrogen-bond donors (Lipinski definition) is 2. The van der Waals surface area contributed by atoms with Gasteiger partial charge in [-0.25, -0.2) is 4.98 Å². The van der Waals surface area contributed by atoms with E-state index in [2.05, 4.69) is 10.3 Å². The van der Waals surface area contributed by atoms with Gasteiger partial charge in [-0.15, -0.1) is 0 Å². The third-order valence-corrected chi connectivity index (χ3v) is 4.69. The van der Waals surface area contributed by atoms with Gasteiger partial charge in [0.2, 0.25) is 11.8 Å². The van der Waals surface area contributed by atoms with Crippen LogP contribution in [0.25, 0.3) is 10.2 Å². The summed E-state index contributed by atoms with van der Waals surface area (Å²) in [6, 6.07) is 4.62. The Morgan fingerprint density at radius 3 is 2.87 bits per heavy atom. The van der Waals surface area contributed by atoms with Gasteiger partial charge in [0.05, 0.1) is 10.2 Å². The van der Waals surface area contributed by atoms with Crippen LogP contribution in [0.3, 0.4) is 0 Å². The van der Waals surface area contributed by atoms with E-state index in [0.29, 0.717) is 29.2 Å². The summed E-state index contributed by atoms with van der Waals surface area (Å²) in [5.74, 6) is -0.868. The second kappa shape index (κ2) is 5.96. The van der Waals surface area contributed by atoms with Crippen molar-refractivity contribution in [3.8, 4) is 0 Å². The highest BCUT2D eigenvalue weighted by Gasteiger charge is 2.33. The van der Waals surface area contributed by atoms with E-state index in [-0.39, 0.29) is 11.8 Å². The maximum absolute atomic E-state index is 12.6. The van der Waals surface area contributed by atoms with Crippen LogP contribution in [-0.2, 0) is 9.59 Å². The van der Waals surface area contributed by atoms with E-state index >= 15 is 0 Å².